The van der Waals surface area contributed by atoms with Crippen molar-refractivity contribution in [2.24, 2.45) is 0 Å². The van der Waals surface area contributed by atoms with Gasteiger partial charge in [-0.3, -0.25) is 4.79 Å². The van der Waals surface area contributed by atoms with E-state index in [1.165, 1.54) is 11.3 Å². The Morgan fingerprint density at radius 3 is 2.73 bits per heavy atom. The molecule has 0 radical (unpaired) electrons. The monoisotopic (exact) mass is 329 g/mol. The number of nitrogens with one attached hydrogen (secondary N) is 1. The summed E-state index contributed by atoms with van der Waals surface area (Å²) in [6, 6.07) is 14.3. The van der Waals surface area contributed by atoms with E-state index < -0.39 is 0 Å². The van der Waals surface area contributed by atoms with E-state index in [0.29, 0.717) is 21.4 Å². The van der Waals surface area contributed by atoms with Gasteiger partial charge in [0.15, 0.2) is 5.13 Å². The first kappa shape index (κ1) is 14.6. The van der Waals surface area contributed by atoms with Gasteiger partial charge in [-0.2, -0.15) is 0 Å². The van der Waals surface area contributed by atoms with Gasteiger partial charge in [-0.25, -0.2) is 4.98 Å². The maximum Gasteiger partial charge on any atom is 0.255 e. The minimum Gasteiger partial charge on any atom is -0.375 e. The van der Waals surface area contributed by atoms with Gasteiger partial charge in [-0.05, 0) is 30.3 Å². The van der Waals surface area contributed by atoms with Gasteiger partial charge in [0.25, 0.3) is 5.91 Å². The summed E-state index contributed by atoms with van der Waals surface area (Å²) in [4.78, 5) is 16.5. The predicted octanol–water partition coefficient (Wildman–Crippen LogP) is 4.30. The average molecular weight is 330 g/mol. The van der Waals surface area contributed by atoms with Gasteiger partial charge in [0, 0.05) is 27.2 Å². The van der Waals surface area contributed by atoms with Crippen molar-refractivity contribution in [2.75, 3.05) is 11.1 Å². The lowest BCUT2D eigenvalue weighted by Crippen LogP contribution is -2.11. The van der Waals surface area contributed by atoms with Gasteiger partial charge in [0.05, 0.1) is 5.69 Å². The average Bonchev–Trinajstić information content (AvgIpc) is 2.94. The topological polar surface area (TPSA) is 68.0 Å². The second kappa shape index (κ2) is 6.17. The molecular weight excluding hydrogens is 318 g/mol. The van der Waals surface area contributed by atoms with Gasteiger partial charge in [0.1, 0.15) is 0 Å². The highest BCUT2D eigenvalue weighted by Gasteiger charge is 2.08. The van der Waals surface area contributed by atoms with Crippen LogP contribution in [0.3, 0.4) is 0 Å². The number of thiazole rings is 1. The quantitative estimate of drug-likeness (QED) is 0.752. The van der Waals surface area contributed by atoms with Crippen LogP contribution in [0.25, 0.3) is 11.3 Å². The zero-order valence-corrected chi connectivity index (χ0v) is 13.0. The molecule has 0 unspecified atom stereocenters. The van der Waals surface area contributed by atoms with E-state index in [9.17, 15) is 4.79 Å². The zero-order chi connectivity index (χ0) is 15.5. The van der Waals surface area contributed by atoms with Crippen molar-refractivity contribution in [3.63, 3.8) is 0 Å². The second-order valence-corrected chi connectivity index (χ2v) is 5.94. The van der Waals surface area contributed by atoms with Crippen LogP contribution in [0.2, 0.25) is 5.02 Å². The molecule has 0 fully saturated rings. The fourth-order valence-corrected chi connectivity index (χ4v) is 2.77. The zero-order valence-electron chi connectivity index (χ0n) is 11.4. The normalized spacial score (nSPS) is 10.4. The molecule has 1 heterocycles. The van der Waals surface area contributed by atoms with E-state index >= 15 is 0 Å². The SMILES string of the molecule is Nc1nc(-c2cccc(NC(=O)c3cccc(Cl)c3)c2)cs1. The van der Waals surface area contributed by atoms with Gasteiger partial charge in [-0.15, -0.1) is 11.3 Å². The number of halogens is 1. The maximum absolute atomic E-state index is 12.2. The predicted molar refractivity (Wildman–Crippen MR) is 91.4 cm³/mol. The number of carbonyl (C=O) groups excluding carboxylic acids is 1. The maximum atomic E-state index is 12.2. The van der Waals surface area contributed by atoms with Crippen LogP contribution < -0.4 is 11.1 Å². The summed E-state index contributed by atoms with van der Waals surface area (Å²) < 4.78 is 0. The largest absolute Gasteiger partial charge is 0.375 e. The molecule has 2 aromatic carbocycles. The molecule has 0 aliphatic carbocycles. The van der Waals surface area contributed by atoms with Crippen LogP contribution >= 0.6 is 22.9 Å². The standard InChI is InChI=1S/C16H12ClN3OS/c17-12-5-1-4-11(7-12)15(21)19-13-6-2-3-10(8-13)14-9-22-16(18)20-14/h1-9H,(H2,18,20)(H,19,21). The number of nitrogens with two attached hydrogens (primary N) is 1. The van der Waals surface area contributed by atoms with E-state index in [-0.39, 0.29) is 5.91 Å². The summed E-state index contributed by atoms with van der Waals surface area (Å²) in [6.45, 7) is 0. The number of rotatable bonds is 3. The molecule has 3 N–H and O–H groups in total. The number of amides is 1. The van der Waals surface area contributed by atoms with Crippen molar-refractivity contribution in [3.05, 3.63) is 64.5 Å². The molecule has 4 nitrogen and oxygen atoms in total. The minimum atomic E-state index is -0.211. The Labute approximate surface area is 136 Å². The molecule has 6 heteroatoms. The number of aromatic nitrogens is 1. The van der Waals surface area contributed by atoms with Crippen molar-refractivity contribution in [1.82, 2.24) is 4.98 Å². The van der Waals surface area contributed by atoms with Gasteiger partial charge >= 0.3 is 0 Å². The summed E-state index contributed by atoms with van der Waals surface area (Å²) in [5.41, 5.74) is 8.54. The van der Waals surface area contributed by atoms with Crippen molar-refractivity contribution >= 4 is 39.7 Å². The molecule has 22 heavy (non-hydrogen) atoms. The van der Waals surface area contributed by atoms with Crippen LogP contribution in [-0.4, -0.2) is 10.9 Å². The molecule has 0 aliphatic rings. The van der Waals surface area contributed by atoms with E-state index in [1.807, 2.05) is 29.6 Å². The van der Waals surface area contributed by atoms with Crippen molar-refractivity contribution < 1.29 is 4.79 Å². The van der Waals surface area contributed by atoms with Crippen LogP contribution in [0, 0.1) is 0 Å². The van der Waals surface area contributed by atoms with Crippen molar-refractivity contribution in [2.45, 2.75) is 0 Å². The molecule has 3 rings (SSSR count). The number of anilines is 2. The summed E-state index contributed by atoms with van der Waals surface area (Å²) in [6.07, 6.45) is 0. The number of nitrogens with zero attached hydrogens (tertiary/aromatic N) is 1. The third-order valence-electron chi connectivity index (χ3n) is 3.02. The number of hydrogen-bond donors (Lipinski definition) is 2. The van der Waals surface area contributed by atoms with Gasteiger partial charge in [0.2, 0.25) is 0 Å². The molecular formula is C16H12ClN3OS. The van der Waals surface area contributed by atoms with Crippen LogP contribution in [0.4, 0.5) is 10.8 Å². The molecule has 0 aliphatic heterocycles. The first-order valence-corrected chi connectivity index (χ1v) is 7.76. The smallest absolute Gasteiger partial charge is 0.255 e. The van der Waals surface area contributed by atoms with Crippen LogP contribution in [0.1, 0.15) is 10.4 Å². The molecule has 0 bridgehead atoms. The van der Waals surface area contributed by atoms with Crippen molar-refractivity contribution in [3.8, 4) is 11.3 Å². The molecule has 3 aromatic rings. The number of benzene rings is 2. The first-order chi connectivity index (χ1) is 10.6. The van der Waals surface area contributed by atoms with E-state index in [2.05, 4.69) is 10.3 Å². The highest BCUT2D eigenvalue weighted by molar-refractivity contribution is 7.13. The summed E-state index contributed by atoms with van der Waals surface area (Å²) in [5, 5.41) is 5.78. The summed E-state index contributed by atoms with van der Waals surface area (Å²) >= 11 is 7.28. The van der Waals surface area contributed by atoms with Gasteiger partial charge in [-0.1, -0.05) is 29.8 Å². The van der Waals surface area contributed by atoms with Crippen LogP contribution in [-0.2, 0) is 0 Å². The minimum absolute atomic E-state index is 0.211. The van der Waals surface area contributed by atoms with E-state index in [1.54, 1.807) is 24.3 Å². The van der Waals surface area contributed by atoms with E-state index in [4.69, 9.17) is 17.3 Å². The summed E-state index contributed by atoms with van der Waals surface area (Å²) in [7, 11) is 0. The molecule has 0 saturated heterocycles. The summed E-state index contributed by atoms with van der Waals surface area (Å²) in [5.74, 6) is -0.211. The number of carbonyl (C=O) groups is 1. The fourth-order valence-electron chi connectivity index (χ4n) is 2.01. The Morgan fingerprint density at radius 1 is 1.18 bits per heavy atom. The number of nitrogen functional groups attached to an aromatic ring is 1. The Balaban J connectivity index is 1.82. The highest BCUT2D eigenvalue weighted by Crippen LogP contribution is 2.25. The molecule has 0 atom stereocenters. The highest BCUT2D eigenvalue weighted by atomic mass is 35.5. The Kier molecular flexibility index (Phi) is 4.09. The Bertz CT molecular complexity index is 832. The third kappa shape index (κ3) is 3.27. The molecule has 0 spiro atoms. The molecule has 110 valence electrons. The molecule has 0 saturated carbocycles. The molecule has 1 amide bonds. The fraction of sp³-hybridized carbons (Fsp3) is 0. The second-order valence-electron chi connectivity index (χ2n) is 4.62. The van der Waals surface area contributed by atoms with Crippen molar-refractivity contribution in [1.29, 1.82) is 0 Å². The Hall–Kier alpha value is -2.37. The lowest BCUT2D eigenvalue weighted by Gasteiger charge is -2.07. The third-order valence-corrected chi connectivity index (χ3v) is 3.93. The van der Waals surface area contributed by atoms with Crippen LogP contribution in [0.5, 0.6) is 0 Å². The lowest BCUT2D eigenvalue weighted by molar-refractivity contribution is 0.102. The molecule has 1 aromatic heterocycles. The van der Waals surface area contributed by atoms with Gasteiger partial charge < -0.3 is 11.1 Å². The first-order valence-electron chi connectivity index (χ1n) is 6.50. The van der Waals surface area contributed by atoms with E-state index in [0.717, 1.165) is 11.3 Å². The number of hydrogen-bond acceptors (Lipinski definition) is 4. The lowest BCUT2D eigenvalue weighted by atomic mass is 10.1. The van der Waals surface area contributed by atoms with Crippen LogP contribution in [0.15, 0.2) is 53.9 Å². The Morgan fingerprint density at radius 2 is 2.00 bits per heavy atom.